The van der Waals surface area contributed by atoms with Crippen LogP contribution in [0.1, 0.15) is 43.1 Å². The fourth-order valence-electron chi connectivity index (χ4n) is 5.38. The summed E-state index contributed by atoms with van der Waals surface area (Å²) in [5.41, 5.74) is 1.92. The van der Waals surface area contributed by atoms with E-state index in [-0.39, 0.29) is 48.3 Å². The Kier molecular flexibility index (Phi) is 6.58. The van der Waals surface area contributed by atoms with Gasteiger partial charge < -0.3 is 15.0 Å². The van der Waals surface area contributed by atoms with Crippen molar-refractivity contribution in [2.75, 3.05) is 13.2 Å². The number of hydrogen-bond donors (Lipinski definition) is 2. The Bertz CT molecular complexity index is 1080. The van der Waals surface area contributed by atoms with Gasteiger partial charge in [-0.1, -0.05) is 37.3 Å². The van der Waals surface area contributed by atoms with Crippen LogP contribution in [0.15, 0.2) is 47.3 Å². The number of amides is 1. The molecule has 0 saturated carbocycles. The predicted molar refractivity (Wildman–Crippen MR) is 121 cm³/mol. The molecule has 2 aliphatic heterocycles. The lowest BCUT2D eigenvalue weighted by Crippen LogP contribution is -2.48. The normalized spacial score (nSPS) is 24.6. The highest BCUT2D eigenvalue weighted by Gasteiger charge is 2.55. The van der Waals surface area contributed by atoms with E-state index < -0.39 is 6.04 Å². The van der Waals surface area contributed by atoms with E-state index in [0.29, 0.717) is 24.2 Å². The second kappa shape index (κ2) is 9.38. The monoisotopic (exact) mass is 439 g/mol. The smallest absolute Gasteiger partial charge is 0.258 e. The largest absolute Gasteiger partial charge is 0.396 e. The predicted octanol–water partition coefficient (Wildman–Crippen LogP) is 2.71. The van der Waals surface area contributed by atoms with Gasteiger partial charge >= 0.3 is 0 Å². The minimum absolute atomic E-state index is 0.0377. The van der Waals surface area contributed by atoms with Crippen LogP contribution in [0.2, 0.25) is 0 Å². The molecule has 1 amide bonds. The van der Waals surface area contributed by atoms with E-state index in [4.69, 9.17) is 0 Å². The van der Waals surface area contributed by atoms with Gasteiger partial charge in [0.1, 0.15) is 5.82 Å². The number of allylic oxidation sites excluding steroid dienone is 1. The lowest BCUT2D eigenvalue weighted by Gasteiger charge is -2.30. The number of hydrogen-bond acceptors (Lipinski definition) is 4. The topological polar surface area (TPSA) is 74.6 Å². The van der Waals surface area contributed by atoms with Crippen molar-refractivity contribution < 1.29 is 14.3 Å². The summed E-state index contributed by atoms with van der Waals surface area (Å²) < 4.78 is 15.8. The van der Waals surface area contributed by atoms with Crippen LogP contribution in [0, 0.1) is 17.7 Å². The van der Waals surface area contributed by atoms with Crippen LogP contribution in [-0.4, -0.2) is 39.7 Å². The fourth-order valence-corrected chi connectivity index (χ4v) is 5.38. The third-order valence-electron chi connectivity index (χ3n) is 6.73. The second-order valence-electron chi connectivity index (χ2n) is 8.58. The molecule has 0 aliphatic carbocycles. The maximum Gasteiger partial charge on any atom is 0.258 e. The van der Waals surface area contributed by atoms with E-state index in [1.54, 1.807) is 28.8 Å². The van der Waals surface area contributed by atoms with Crippen LogP contribution < -0.4 is 10.9 Å². The first-order valence-corrected chi connectivity index (χ1v) is 11.3. The minimum atomic E-state index is -0.527. The molecule has 4 rings (SSSR count). The molecule has 2 aromatic rings. The van der Waals surface area contributed by atoms with Crippen molar-refractivity contribution in [3.05, 3.63) is 75.5 Å². The van der Waals surface area contributed by atoms with Crippen molar-refractivity contribution >= 4 is 12.0 Å². The lowest BCUT2D eigenvalue weighted by molar-refractivity contribution is -0.127. The number of rotatable bonds is 7. The van der Waals surface area contributed by atoms with E-state index >= 15 is 0 Å². The number of aromatic nitrogens is 1. The maximum absolute atomic E-state index is 14.0. The number of aliphatic hydroxyl groups excluding tert-OH is 1. The molecule has 2 N–H and O–H groups in total. The third-order valence-corrected chi connectivity index (χ3v) is 6.73. The summed E-state index contributed by atoms with van der Waals surface area (Å²) in [7, 11) is 0. The van der Waals surface area contributed by atoms with Gasteiger partial charge in [0.25, 0.3) is 5.56 Å². The first kappa shape index (κ1) is 22.4. The first-order chi connectivity index (χ1) is 15.5. The van der Waals surface area contributed by atoms with Gasteiger partial charge in [-0.25, -0.2) is 4.39 Å². The van der Waals surface area contributed by atoms with Crippen LogP contribution in [0.25, 0.3) is 6.08 Å². The number of carbonyl (C=O) groups is 1. The summed E-state index contributed by atoms with van der Waals surface area (Å²) in [6.07, 6.45) is 4.48. The Balaban J connectivity index is 1.64. The van der Waals surface area contributed by atoms with Crippen molar-refractivity contribution in [2.45, 2.75) is 45.4 Å². The molecule has 32 heavy (non-hydrogen) atoms. The summed E-state index contributed by atoms with van der Waals surface area (Å²) >= 11 is 0. The summed E-state index contributed by atoms with van der Waals surface area (Å²) in [6.45, 7) is 5.02. The number of carbonyl (C=O) groups excluding carboxylic acids is 1. The first-order valence-electron chi connectivity index (χ1n) is 11.3. The molecule has 1 fully saturated rings. The molecule has 4 atom stereocenters. The van der Waals surface area contributed by atoms with E-state index in [1.807, 2.05) is 32.1 Å². The molecule has 1 aromatic carbocycles. The number of benzene rings is 1. The molecule has 2 aliphatic rings. The highest BCUT2D eigenvalue weighted by molar-refractivity contribution is 5.82. The minimum Gasteiger partial charge on any atom is -0.396 e. The van der Waals surface area contributed by atoms with Crippen molar-refractivity contribution in [3.8, 4) is 0 Å². The van der Waals surface area contributed by atoms with Crippen LogP contribution in [0.5, 0.6) is 0 Å². The van der Waals surface area contributed by atoms with E-state index in [0.717, 1.165) is 12.1 Å². The van der Waals surface area contributed by atoms with E-state index in [9.17, 15) is 19.1 Å². The fraction of sp³-hybridized carbons (Fsp3) is 0.440. The SMILES string of the molecule is C/C=C\c1ccc2n(c1=O)C[C@H]1[C@H](CO)[C@@H](C(=O)NCc3ccccc3F)N(CCC)[C@@H]21. The van der Waals surface area contributed by atoms with Gasteiger partial charge in [0.2, 0.25) is 5.91 Å². The lowest BCUT2D eigenvalue weighted by atomic mass is 9.88. The number of aliphatic hydroxyl groups is 1. The van der Waals surface area contributed by atoms with Gasteiger partial charge in [-0.2, -0.15) is 0 Å². The Labute approximate surface area is 187 Å². The van der Waals surface area contributed by atoms with Crippen LogP contribution in [0.3, 0.4) is 0 Å². The molecule has 3 heterocycles. The number of halogens is 1. The standard InChI is InChI=1S/C25H30FN3O3/c1-3-7-16-10-11-21-22-18(14-29(21)25(16)32)19(15-30)23(28(22)12-4-2)24(31)27-13-17-8-5-6-9-20(17)26/h3,5-11,18-19,22-23,30H,4,12-15H2,1-2H3,(H,27,31)/b7-3-/t18-,19-,22+,23-/m0/s1. The molecule has 0 radical (unpaired) electrons. The average Bonchev–Trinajstić information content (AvgIpc) is 3.31. The molecule has 0 unspecified atom stereocenters. The quantitative estimate of drug-likeness (QED) is 0.696. The van der Waals surface area contributed by atoms with E-state index in [2.05, 4.69) is 10.2 Å². The Hall–Kier alpha value is -2.77. The van der Waals surface area contributed by atoms with Gasteiger partial charge in [-0.15, -0.1) is 0 Å². The molecule has 1 saturated heterocycles. The molecule has 1 aromatic heterocycles. The summed E-state index contributed by atoms with van der Waals surface area (Å²) in [5, 5.41) is 13.1. The molecule has 6 nitrogen and oxygen atoms in total. The molecular formula is C25H30FN3O3. The zero-order chi connectivity index (χ0) is 22.8. The molecule has 170 valence electrons. The molecule has 7 heteroatoms. The number of pyridine rings is 1. The highest BCUT2D eigenvalue weighted by atomic mass is 19.1. The van der Waals surface area contributed by atoms with Gasteiger partial charge in [0, 0.05) is 48.4 Å². The van der Waals surface area contributed by atoms with Crippen molar-refractivity contribution in [3.63, 3.8) is 0 Å². The van der Waals surface area contributed by atoms with Gasteiger partial charge in [-0.05, 0) is 38.1 Å². The Morgan fingerprint density at radius 3 is 2.75 bits per heavy atom. The highest BCUT2D eigenvalue weighted by Crippen LogP contribution is 2.49. The van der Waals surface area contributed by atoms with Crippen LogP contribution in [-0.2, 0) is 17.9 Å². The summed E-state index contributed by atoms with van der Waals surface area (Å²) in [4.78, 5) is 28.4. The Morgan fingerprint density at radius 2 is 2.06 bits per heavy atom. The zero-order valence-corrected chi connectivity index (χ0v) is 18.5. The second-order valence-corrected chi connectivity index (χ2v) is 8.58. The number of likely N-dealkylation sites (tertiary alicyclic amines) is 1. The number of nitrogens with one attached hydrogen (secondary N) is 1. The van der Waals surface area contributed by atoms with Crippen LogP contribution in [0.4, 0.5) is 4.39 Å². The van der Waals surface area contributed by atoms with Gasteiger partial charge in [0.05, 0.1) is 12.1 Å². The molecule has 0 bridgehead atoms. The van der Waals surface area contributed by atoms with Gasteiger partial charge in [0.15, 0.2) is 0 Å². The number of nitrogens with zero attached hydrogens (tertiary/aromatic N) is 2. The number of fused-ring (bicyclic) bond motifs is 3. The van der Waals surface area contributed by atoms with Crippen molar-refractivity contribution in [2.24, 2.45) is 11.8 Å². The third kappa shape index (κ3) is 3.80. The zero-order valence-electron chi connectivity index (χ0n) is 18.5. The van der Waals surface area contributed by atoms with Crippen molar-refractivity contribution in [1.29, 1.82) is 0 Å². The average molecular weight is 440 g/mol. The van der Waals surface area contributed by atoms with Crippen molar-refractivity contribution in [1.82, 2.24) is 14.8 Å². The van der Waals surface area contributed by atoms with Crippen LogP contribution >= 0.6 is 0 Å². The Morgan fingerprint density at radius 1 is 1.28 bits per heavy atom. The van der Waals surface area contributed by atoms with Gasteiger partial charge in [-0.3, -0.25) is 14.5 Å². The van der Waals surface area contributed by atoms with E-state index in [1.165, 1.54) is 6.07 Å². The molecule has 0 spiro atoms. The molecular weight excluding hydrogens is 409 g/mol. The maximum atomic E-state index is 14.0. The summed E-state index contributed by atoms with van der Waals surface area (Å²) in [5.74, 6) is -0.916. The summed E-state index contributed by atoms with van der Waals surface area (Å²) in [6, 6.07) is 9.55.